The van der Waals surface area contributed by atoms with Gasteiger partial charge < -0.3 is 9.47 Å². The highest BCUT2D eigenvalue weighted by Gasteiger charge is 2.10. The van der Waals surface area contributed by atoms with Crippen LogP contribution < -0.4 is 0 Å². The van der Waals surface area contributed by atoms with Crippen LogP contribution in [0.4, 0.5) is 0 Å². The monoisotopic (exact) mass is 143 g/mol. The van der Waals surface area contributed by atoms with Crippen LogP contribution in [0.15, 0.2) is 0 Å². The Morgan fingerprint density at radius 1 is 1.50 bits per heavy atom. The average molecular weight is 143 g/mol. The zero-order valence-corrected chi connectivity index (χ0v) is 6.51. The Labute approximate surface area is 62.5 Å². The normalized spacial score (nSPS) is 22.5. The standard InChI is InChI=1S/C8H15O2/c1-2-5-8-9-6-3-4-7-10-8/h3,8H,2,4-7H2,1H3. The fraction of sp³-hybridized carbons (Fsp3) is 0.875. The molecule has 1 aliphatic rings. The maximum Gasteiger partial charge on any atom is 0.157 e. The topological polar surface area (TPSA) is 18.5 Å². The van der Waals surface area contributed by atoms with Gasteiger partial charge in [0, 0.05) is 0 Å². The van der Waals surface area contributed by atoms with Crippen molar-refractivity contribution in [2.24, 2.45) is 0 Å². The van der Waals surface area contributed by atoms with Gasteiger partial charge in [0.2, 0.25) is 0 Å². The summed E-state index contributed by atoms with van der Waals surface area (Å²) in [5.41, 5.74) is 0. The van der Waals surface area contributed by atoms with Gasteiger partial charge in [-0.25, -0.2) is 0 Å². The van der Waals surface area contributed by atoms with Crippen LogP contribution in [-0.4, -0.2) is 19.5 Å². The van der Waals surface area contributed by atoms with Crippen molar-refractivity contribution in [2.45, 2.75) is 32.5 Å². The van der Waals surface area contributed by atoms with E-state index in [0.29, 0.717) is 0 Å². The summed E-state index contributed by atoms with van der Waals surface area (Å²) in [6.07, 6.45) is 5.36. The minimum Gasteiger partial charge on any atom is -0.353 e. The van der Waals surface area contributed by atoms with Crippen LogP contribution in [0.3, 0.4) is 0 Å². The van der Waals surface area contributed by atoms with E-state index in [1.807, 2.05) is 0 Å². The van der Waals surface area contributed by atoms with Crippen molar-refractivity contribution in [2.75, 3.05) is 13.2 Å². The molecule has 1 unspecified atom stereocenters. The van der Waals surface area contributed by atoms with Crippen molar-refractivity contribution in [1.82, 2.24) is 0 Å². The van der Waals surface area contributed by atoms with Crippen LogP contribution in [0.5, 0.6) is 0 Å². The van der Waals surface area contributed by atoms with E-state index in [0.717, 1.165) is 32.5 Å². The van der Waals surface area contributed by atoms with Crippen molar-refractivity contribution in [3.8, 4) is 0 Å². The van der Waals surface area contributed by atoms with Gasteiger partial charge in [-0.3, -0.25) is 0 Å². The summed E-state index contributed by atoms with van der Waals surface area (Å²) in [6, 6.07) is 0. The fourth-order valence-electron chi connectivity index (χ4n) is 0.992. The largest absolute Gasteiger partial charge is 0.353 e. The Morgan fingerprint density at radius 2 is 2.40 bits per heavy atom. The van der Waals surface area contributed by atoms with E-state index in [1.54, 1.807) is 0 Å². The summed E-state index contributed by atoms with van der Waals surface area (Å²) in [5.74, 6) is 0. The minimum atomic E-state index is 0.0590. The zero-order valence-electron chi connectivity index (χ0n) is 6.51. The summed E-state index contributed by atoms with van der Waals surface area (Å²) >= 11 is 0. The molecule has 1 saturated heterocycles. The van der Waals surface area contributed by atoms with E-state index in [1.165, 1.54) is 0 Å². The number of ether oxygens (including phenoxy) is 2. The second-order valence-electron chi connectivity index (χ2n) is 2.50. The van der Waals surface area contributed by atoms with Gasteiger partial charge in [-0.1, -0.05) is 13.3 Å². The van der Waals surface area contributed by atoms with Gasteiger partial charge in [0.15, 0.2) is 6.29 Å². The molecule has 1 radical (unpaired) electrons. The predicted molar refractivity (Wildman–Crippen MR) is 39.5 cm³/mol. The third-order valence-electron chi connectivity index (χ3n) is 1.55. The van der Waals surface area contributed by atoms with E-state index in [2.05, 4.69) is 13.3 Å². The van der Waals surface area contributed by atoms with E-state index < -0.39 is 0 Å². The highest BCUT2D eigenvalue weighted by atomic mass is 16.7. The molecule has 0 aliphatic carbocycles. The molecule has 0 aromatic rings. The smallest absolute Gasteiger partial charge is 0.157 e. The van der Waals surface area contributed by atoms with E-state index in [-0.39, 0.29) is 6.29 Å². The Bertz CT molecular complexity index is 75.3. The summed E-state index contributed by atoms with van der Waals surface area (Å²) < 4.78 is 10.8. The van der Waals surface area contributed by atoms with Gasteiger partial charge in [-0.15, -0.1) is 0 Å². The lowest BCUT2D eigenvalue weighted by Crippen LogP contribution is -2.14. The molecule has 0 amide bonds. The van der Waals surface area contributed by atoms with Crippen LogP contribution in [0.2, 0.25) is 0 Å². The molecule has 0 aromatic carbocycles. The number of rotatable bonds is 2. The first-order chi connectivity index (χ1) is 4.93. The van der Waals surface area contributed by atoms with Crippen LogP contribution in [-0.2, 0) is 9.47 Å². The first kappa shape index (κ1) is 8.02. The number of hydrogen-bond donors (Lipinski definition) is 0. The third kappa shape index (κ3) is 2.67. The molecule has 0 saturated carbocycles. The van der Waals surface area contributed by atoms with Crippen LogP contribution in [0.25, 0.3) is 0 Å². The molecule has 1 atom stereocenters. The van der Waals surface area contributed by atoms with Gasteiger partial charge in [0.1, 0.15) is 0 Å². The summed E-state index contributed by atoms with van der Waals surface area (Å²) in [7, 11) is 0. The maximum atomic E-state index is 5.39. The lowest BCUT2D eigenvalue weighted by Gasteiger charge is -2.13. The second kappa shape index (κ2) is 4.69. The molecule has 0 N–H and O–H groups in total. The van der Waals surface area contributed by atoms with E-state index >= 15 is 0 Å². The molecule has 0 aromatic heterocycles. The van der Waals surface area contributed by atoms with Crippen molar-refractivity contribution in [3.63, 3.8) is 0 Å². The quantitative estimate of drug-likeness (QED) is 0.586. The molecular weight excluding hydrogens is 128 g/mol. The molecule has 1 aliphatic heterocycles. The van der Waals surface area contributed by atoms with Gasteiger partial charge in [-0.05, 0) is 19.3 Å². The minimum absolute atomic E-state index is 0.0590. The van der Waals surface area contributed by atoms with Crippen LogP contribution in [0.1, 0.15) is 26.2 Å². The van der Waals surface area contributed by atoms with Gasteiger partial charge in [0.05, 0.1) is 13.2 Å². The molecule has 1 heterocycles. The summed E-state index contributed by atoms with van der Waals surface area (Å²) in [5, 5.41) is 0. The van der Waals surface area contributed by atoms with Crippen LogP contribution in [0, 0.1) is 6.42 Å². The maximum absolute atomic E-state index is 5.39. The Balaban J connectivity index is 2.15. The van der Waals surface area contributed by atoms with Gasteiger partial charge in [0.25, 0.3) is 0 Å². The third-order valence-corrected chi connectivity index (χ3v) is 1.55. The Hall–Kier alpha value is -0.0800. The summed E-state index contributed by atoms with van der Waals surface area (Å²) in [4.78, 5) is 0. The van der Waals surface area contributed by atoms with Crippen LogP contribution >= 0.6 is 0 Å². The van der Waals surface area contributed by atoms with Gasteiger partial charge in [-0.2, -0.15) is 0 Å². The Morgan fingerprint density at radius 3 is 3.20 bits per heavy atom. The fourth-order valence-corrected chi connectivity index (χ4v) is 0.992. The van der Waals surface area contributed by atoms with E-state index in [4.69, 9.17) is 9.47 Å². The highest BCUT2D eigenvalue weighted by Crippen LogP contribution is 2.09. The first-order valence-corrected chi connectivity index (χ1v) is 3.98. The Kier molecular flexibility index (Phi) is 3.76. The lowest BCUT2D eigenvalue weighted by molar-refractivity contribution is -0.127. The SMILES string of the molecule is CCCC1OC[CH]CCO1. The van der Waals surface area contributed by atoms with E-state index in [9.17, 15) is 0 Å². The molecule has 1 fully saturated rings. The summed E-state index contributed by atoms with van der Waals surface area (Å²) in [6.45, 7) is 3.72. The van der Waals surface area contributed by atoms with Crippen molar-refractivity contribution in [3.05, 3.63) is 6.42 Å². The molecule has 0 spiro atoms. The molecule has 1 rings (SSSR count). The molecule has 0 bridgehead atoms. The molecule has 59 valence electrons. The van der Waals surface area contributed by atoms with Crippen molar-refractivity contribution < 1.29 is 9.47 Å². The zero-order chi connectivity index (χ0) is 7.23. The second-order valence-corrected chi connectivity index (χ2v) is 2.50. The van der Waals surface area contributed by atoms with Crippen molar-refractivity contribution in [1.29, 1.82) is 0 Å². The van der Waals surface area contributed by atoms with Gasteiger partial charge >= 0.3 is 0 Å². The highest BCUT2D eigenvalue weighted by molar-refractivity contribution is 4.66. The molecular formula is C8H15O2. The lowest BCUT2D eigenvalue weighted by atomic mass is 10.3. The molecule has 2 nitrogen and oxygen atoms in total. The predicted octanol–water partition coefficient (Wildman–Crippen LogP) is 1.75. The molecule has 10 heavy (non-hydrogen) atoms. The first-order valence-electron chi connectivity index (χ1n) is 3.98. The van der Waals surface area contributed by atoms with Crippen molar-refractivity contribution >= 4 is 0 Å². The average Bonchev–Trinajstić information content (AvgIpc) is 2.17. The number of hydrogen-bond acceptors (Lipinski definition) is 2. The molecule has 2 heteroatoms.